The number of benzene rings is 4. The minimum Gasteiger partial charge on any atom is -0.266 e. The van der Waals surface area contributed by atoms with Gasteiger partial charge in [-0.25, -0.2) is 0 Å². The number of rotatable bonds is 14. The second kappa shape index (κ2) is 19.3. The van der Waals surface area contributed by atoms with E-state index in [1.54, 1.807) is 104 Å². The van der Waals surface area contributed by atoms with Crippen molar-refractivity contribution in [2.45, 2.75) is 129 Å². The molecule has 4 aromatic rings. The van der Waals surface area contributed by atoms with Crippen LogP contribution < -0.4 is 0 Å². The summed E-state index contributed by atoms with van der Waals surface area (Å²) < 4.78 is 125. The summed E-state index contributed by atoms with van der Waals surface area (Å²) in [6, 6.07) is 19.3. The SMILES string of the molecule is Cc1ccc(-c2ccc(C)cc2S(=O)(=O)OC(C)C)c(S(=O)(=O)OC(C)C)c1.Cc1ccc(-c2ccc(C)cc2S(=O)(=O)OCC(C)(C)C)c(S(=O)(=O)OCC(C)(C)C)c1. The Labute approximate surface area is 359 Å². The van der Waals surface area contributed by atoms with E-state index < -0.39 is 52.7 Å². The average molecular weight is 909 g/mol. The highest BCUT2D eigenvalue weighted by molar-refractivity contribution is 7.88. The van der Waals surface area contributed by atoms with E-state index in [0.29, 0.717) is 22.3 Å². The van der Waals surface area contributed by atoms with Gasteiger partial charge < -0.3 is 0 Å². The Morgan fingerprint density at radius 2 is 0.617 bits per heavy atom. The summed E-state index contributed by atoms with van der Waals surface area (Å²) in [6.45, 7) is 24.7. The van der Waals surface area contributed by atoms with Crippen molar-refractivity contribution in [2.24, 2.45) is 10.8 Å². The molecule has 0 N–H and O–H groups in total. The molecule has 0 saturated heterocycles. The lowest BCUT2D eigenvalue weighted by molar-refractivity contribution is 0.203. The van der Waals surface area contributed by atoms with Crippen molar-refractivity contribution in [3.63, 3.8) is 0 Å². The third-order valence-electron chi connectivity index (χ3n) is 8.14. The molecule has 0 fully saturated rings. The van der Waals surface area contributed by atoms with Crippen LogP contribution in [0.5, 0.6) is 0 Å². The highest BCUT2D eigenvalue weighted by atomic mass is 32.2. The maximum atomic E-state index is 13.1. The highest BCUT2D eigenvalue weighted by Crippen LogP contribution is 2.38. The second-order valence-corrected chi connectivity index (χ2v) is 24.0. The van der Waals surface area contributed by atoms with Gasteiger partial charge in [0.1, 0.15) is 19.6 Å². The van der Waals surface area contributed by atoms with Crippen LogP contribution in [0.15, 0.2) is 92.4 Å². The first kappa shape index (κ1) is 50.9. The molecule has 0 aromatic heterocycles. The molecule has 0 aliphatic carbocycles. The average Bonchev–Trinajstić information content (AvgIpc) is 3.09. The summed E-state index contributed by atoms with van der Waals surface area (Å²) in [5.41, 5.74) is 3.12. The fraction of sp³-hybridized carbons (Fsp3) is 0.455. The van der Waals surface area contributed by atoms with Crippen molar-refractivity contribution in [3.05, 3.63) is 95.1 Å². The molecule has 12 nitrogen and oxygen atoms in total. The van der Waals surface area contributed by atoms with Gasteiger partial charge in [-0.2, -0.15) is 33.7 Å². The van der Waals surface area contributed by atoms with Crippen LogP contribution in [-0.2, 0) is 57.2 Å². The summed E-state index contributed by atoms with van der Waals surface area (Å²) in [5, 5.41) is 0. The zero-order chi connectivity index (χ0) is 45.8. The maximum Gasteiger partial charge on any atom is 0.297 e. The van der Waals surface area contributed by atoms with Crippen LogP contribution in [0.3, 0.4) is 0 Å². The van der Waals surface area contributed by atoms with Crippen LogP contribution in [0, 0.1) is 38.5 Å². The van der Waals surface area contributed by atoms with Gasteiger partial charge in [-0.3, -0.25) is 16.7 Å². The highest BCUT2D eigenvalue weighted by Gasteiger charge is 2.30. The third-order valence-corrected chi connectivity index (χ3v) is 13.8. The zero-order valence-corrected chi connectivity index (χ0v) is 40.3. The van der Waals surface area contributed by atoms with E-state index in [-0.39, 0.29) is 65.9 Å². The Kier molecular flexibility index (Phi) is 16.3. The van der Waals surface area contributed by atoms with Crippen molar-refractivity contribution < 1.29 is 50.4 Å². The summed E-state index contributed by atoms with van der Waals surface area (Å²) in [5.74, 6) is 0. The zero-order valence-electron chi connectivity index (χ0n) is 37.0. The smallest absolute Gasteiger partial charge is 0.266 e. The lowest BCUT2D eigenvalue weighted by Crippen LogP contribution is -2.20. The fourth-order valence-corrected chi connectivity index (χ4v) is 11.1. The molecular formula is C44H60O12S4. The Hall–Kier alpha value is -3.48. The van der Waals surface area contributed by atoms with Crippen LogP contribution >= 0.6 is 0 Å². The Balaban J connectivity index is 0.000000323. The van der Waals surface area contributed by atoms with Crippen molar-refractivity contribution in [1.82, 2.24) is 0 Å². The first-order valence-electron chi connectivity index (χ1n) is 19.3. The summed E-state index contributed by atoms with van der Waals surface area (Å²) in [6.07, 6.45) is -1.10. The van der Waals surface area contributed by atoms with E-state index in [4.69, 9.17) is 16.7 Å². The van der Waals surface area contributed by atoms with Gasteiger partial charge in [-0.05, 0) is 113 Å². The molecule has 4 aromatic carbocycles. The topological polar surface area (TPSA) is 173 Å². The van der Waals surface area contributed by atoms with E-state index in [1.807, 2.05) is 41.5 Å². The monoisotopic (exact) mass is 908 g/mol. The molecule has 0 atom stereocenters. The summed E-state index contributed by atoms with van der Waals surface area (Å²) in [4.78, 5) is -0.298. The lowest BCUT2D eigenvalue weighted by atomic mass is 9.99. The minimum atomic E-state index is -4.14. The quantitative estimate of drug-likeness (QED) is 0.110. The van der Waals surface area contributed by atoms with E-state index in [9.17, 15) is 33.7 Å². The first-order chi connectivity index (χ1) is 27.2. The molecule has 0 bridgehead atoms. The molecule has 332 valence electrons. The molecule has 0 amide bonds. The van der Waals surface area contributed by atoms with Crippen molar-refractivity contribution in [1.29, 1.82) is 0 Å². The van der Waals surface area contributed by atoms with Gasteiger partial charge in [0.15, 0.2) is 0 Å². The largest absolute Gasteiger partial charge is 0.297 e. The van der Waals surface area contributed by atoms with E-state index in [0.717, 1.165) is 0 Å². The van der Waals surface area contributed by atoms with Gasteiger partial charge in [0.05, 0.1) is 25.4 Å². The molecule has 0 unspecified atom stereocenters. The standard InChI is InChI=1S/C24H34O6S2.C20H26O6S2/c1-17-9-11-19(21(13-17)31(25,26)29-15-23(3,4)5)20-12-10-18(2)14-22(20)32(27,28)30-16-24(6,7)8;1-13(2)25-27(21,22)19-11-15(5)7-9-17(19)18-10-8-16(6)12-20(18)28(23,24)26-14(3)4/h9-14H,15-16H2,1-8H3;7-14H,1-6H3. The predicted molar refractivity (Wildman–Crippen MR) is 235 cm³/mol. The number of hydrogen-bond donors (Lipinski definition) is 0. The predicted octanol–water partition coefficient (Wildman–Crippen LogP) is 9.67. The Bertz CT molecular complexity index is 2430. The Morgan fingerprint density at radius 3 is 0.817 bits per heavy atom. The number of aryl methyl sites for hydroxylation is 4. The maximum absolute atomic E-state index is 13.1. The molecule has 60 heavy (non-hydrogen) atoms. The molecule has 0 heterocycles. The molecule has 16 heteroatoms. The molecule has 4 rings (SSSR count). The number of hydrogen-bond acceptors (Lipinski definition) is 12. The normalized spacial score (nSPS) is 13.1. The lowest BCUT2D eigenvalue weighted by Gasteiger charge is -2.21. The molecule has 0 aliphatic heterocycles. The van der Waals surface area contributed by atoms with E-state index >= 15 is 0 Å². The van der Waals surface area contributed by atoms with Crippen molar-refractivity contribution >= 4 is 40.5 Å². The van der Waals surface area contributed by atoms with Crippen molar-refractivity contribution in [3.8, 4) is 22.3 Å². The Morgan fingerprint density at radius 1 is 0.400 bits per heavy atom. The van der Waals surface area contributed by atoms with Gasteiger partial charge in [-0.15, -0.1) is 0 Å². The van der Waals surface area contributed by atoms with E-state index in [2.05, 4.69) is 0 Å². The van der Waals surface area contributed by atoms with Gasteiger partial charge in [-0.1, -0.05) is 90.1 Å². The first-order valence-corrected chi connectivity index (χ1v) is 25.0. The van der Waals surface area contributed by atoms with Crippen LogP contribution in [-0.4, -0.2) is 59.1 Å². The van der Waals surface area contributed by atoms with Crippen LogP contribution in [0.2, 0.25) is 0 Å². The molecule has 0 spiro atoms. The molecule has 0 radical (unpaired) electrons. The molecule has 0 aliphatic rings. The van der Waals surface area contributed by atoms with Gasteiger partial charge in [0, 0.05) is 22.3 Å². The summed E-state index contributed by atoms with van der Waals surface area (Å²) >= 11 is 0. The van der Waals surface area contributed by atoms with E-state index in [1.165, 1.54) is 24.3 Å². The molecule has 0 saturated carbocycles. The van der Waals surface area contributed by atoms with Crippen LogP contribution in [0.25, 0.3) is 22.3 Å². The van der Waals surface area contributed by atoms with Crippen LogP contribution in [0.4, 0.5) is 0 Å². The fourth-order valence-electron chi connectivity index (χ4n) is 5.48. The van der Waals surface area contributed by atoms with Crippen molar-refractivity contribution in [2.75, 3.05) is 13.2 Å². The van der Waals surface area contributed by atoms with Crippen LogP contribution in [0.1, 0.15) is 91.5 Å². The van der Waals surface area contributed by atoms with Gasteiger partial charge in [0.2, 0.25) is 0 Å². The van der Waals surface area contributed by atoms with Gasteiger partial charge >= 0.3 is 0 Å². The summed E-state index contributed by atoms with van der Waals surface area (Å²) in [7, 11) is -16.5. The minimum absolute atomic E-state index is 0.00351. The third kappa shape index (κ3) is 14.3. The molecular weight excluding hydrogens is 849 g/mol. The second-order valence-electron chi connectivity index (χ2n) is 17.8. The van der Waals surface area contributed by atoms with Gasteiger partial charge in [0.25, 0.3) is 40.5 Å².